The molecule has 0 fully saturated rings. The SMILES string of the molecule is COc1ccc(NC(=O)CSc2nnc(Nc3c(C)cccc3C)s2)c(OC)c1. The van der Waals surface area contributed by atoms with E-state index >= 15 is 0 Å². The largest absolute Gasteiger partial charge is 0.497 e. The Kier molecular flexibility index (Phi) is 6.95. The Bertz CT molecular complexity index is 987. The third-order valence-electron chi connectivity index (χ3n) is 4.13. The van der Waals surface area contributed by atoms with Crippen molar-refractivity contribution in [2.24, 2.45) is 0 Å². The first-order valence-corrected chi connectivity index (χ1v) is 10.6. The van der Waals surface area contributed by atoms with Gasteiger partial charge in [-0.15, -0.1) is 10.2 Å². The van der Waals surface area contributed by atoms with Crippen molar-refractivity contribution in [1.29, 1.82) is 0 Å². The summed E-state index contributed by atoms with van der Waals surface area (Å²) in [6.45, 7) is 4.09. The number of hydrogen-bond acceptors (Lipinski definition) is 8. The van der Waals surface area contributed by atoms with Crippen LogP contribution in [0.25, 0.3) is 0 Å². The zero-order valence-corrected chi connectivity index (χ0v) is 18.2. The van der Waals surface area contributed by atoms with Gasteiger partial charge in [0.2, 0.25) is 11.0 Å². The van der Waals surface area contributed by atoms with Crippen molar-refractivity contribution in [3.63, 3.8) is 0 Å². The van der Waals surface area contributed by atoms with Gasteiger partial charge >= 0.3 is 0 Å². The molecule has 0 unspecified atom stereocenters. The zero-order valence-electron chi connectivity index (χ0n) is 16.6. The van der Waals surface area contributed by atoms with Crippen LogP contribution in [-0.2, 0) is 4.79 Å². The average Bonchev–Trinajstić information content (AvgIpc) is 3.17. The van der Waals surface area contributed by atoms with Crippen LogP contribution in [0.3, 0.4) is 0 Å². The van der Waals surface area contributed by atoms with E-state index in [0.717, 1.165) is 21.2 Å². The van der Waals surface area contributed by atoms with Gasteiger partial charge in [-0.3, -0.25) is 4.79 Å². The smallest absolute Gasteiger partial charge is 0.234 e. The number of anilines is 3. The fourth-order valence-electron chi connectivity index (χ4n) is 2.65. The first-order valence-electron chi connectivity index (χ1n) is 8.81. The molecule has 0 saturated heterocycles. The summed E-state index contributed by atoms with van der Waals surface area (Å²) in [5.41, 5.74) is 3.91. The monoisotopic (exact) mass is 430 g/mol. The molecule has 7 nitrogen and oxygen atoms in total. The first kappa shape index (κ1) is 20.9. The molecule has 1 aromatic heterocycles. The lowest BCUT2D eigenvalue weighted by Gasteiger charge is -2.11. The minimum Gasteiger partial charge on any atom is -0.497 e. The topological polar surface area (TPSA) is 85.4 Å². The molecule has 0 spiro atoms. The van der Waals surface area contributed by atoms with Crippen molar-refractivity contribution in [3.8, 4) is 11.5 Å². The van der Waals surface area contributed by atoms with Crippen molar-refractivity contribution >= 4 is 45.5 Å². The molecule has 0 atom stereocenters. The van der Waals surface area contributed by atoms with Crippen molar-refractivity contribution < 1.29 is 14.3 Å². The van der Waals surface area contributed by atoms with E-state index in [2.05, 4.69) is 20.8 Å². The third-order valence-corrected chi connectivity index (χ3v) is 6.10. The van der Waals surface area contributed by atoms with Crippen LogP contribution < -0.4 is 20.1 Å². The second-order valence-electron chi connectivity index (χ2n) is 6.17. The number of rotatable bonds is 8. The number of carbonyl (C=O) groups is 1. The quantitative estimate of drug-likeness (QED) is 0.503. The molecule has 0 aliphatic carbocycles. The molecule has 0 aliphatic rings. The lowest BCUT2D eigenvalue weighted by atomic mass is 10.1. The molecule has 29 heavy (non-hydrogen) atoms. The van der Waals surface area contributed by atoms with Gasteiger partial charge < -0.3 is 20.1 Å². The van der Waals surface area contributed by atoms with E-state index in [1.165, 1.54) is 23.1 Å². The molecule has 2 aromatic carbocycles. The van der Waals surface area contributed by atoms with Crippen LogP contribution in [0.5, 0.6) is 11.5 Å². The summed E-state index contributed by atoms with van der Waals surface area (Å²) in [5.74, 6) is 1.26. The van der Waals surface area contributed by atoms with E-state index in [-0.39, 0.29) is 11.7 Å². The summed E-state index contributed by atoms with van der Waals surface area (Å²) in [4.78, 5) is 12.3. The number of para-hydroxylation sites is 1. The van der Waals surface area contributed by atoms with Gasteiger partial charge in [-0.1, -0.05) is 41.3 Å². The lowest BCUT2D eigenvalue weighted by molar-refractivity contribution is -0.113. The summed E-state index contributed by atoms with van der Waals surface area (Å²) in [7, 11) is 3.13. The molecule has 3 aromatic rings. The Morgan fingerprint density at radius 1 is 1.10 bits per heavy atom. The van der Waals surface area contributed by atoms with Crippen LogP contribution in [0.2, 0.25) is 0 Å². The number of nitrogens with one attached hydrogen (secondary N) is 2. The average molecular weight is 431 g/mol. The van der Waals surface area contributed by atoms with Gasteiger partial charge in [0.25, 0.3) is 0 Å². The summed E-state index contributed by atoms with van der Waals surface area (Å²) in [6, 6.07) is 11.3. The lowest BCUT2D eigenvalue weighted by Crippen LogP contribution is -2.14. The maximum atomic E-state index is 12.3. The maximum Gasteiger partial charge on any atom is 0.234 e. The van der Waals surface area contributed by atoms with Crippen molar-refractivity contribution in [2.45, 2.75) is 18.2 Å². The van der Waals surface area contributed by atoms with Gasteiger partial charge in [-0.05, 0) is 37.1 Å². The van der Waals surface area contributed by atoms with E-state index < -0.39 is 0 Å². The standard InChI is InChI=1S/C20H22N4O3S2/c1-12-6-5-7-13(2)18(12)22-19-23-24-20(29-19)28-11-17(25)21-15-9-8-14(26-3)10-16(15)27-4/h5-10H,11H2,1-4H3,(H,21,25)(H,22,23). The fraction of sp³-hybridized carbons (Fsp3) is 0.250. The summed E-state index contributed by atoms with van der Waals surface area (Å²) >= 11 is 2.75. The molecule has 1 amide bonds. The predicted octanol–water partition coefficient (Wildman–Crippen LogP) is 4.65. The Balaban J connectivity index is 1.58. The molecule has 0 aliphatic heterocycles. The number of ether oxygens (including phenoxy) is 2. The summed E-state index contributed by atoms with van der Waals surface area (Å²) in [5, 5.41) is 15.2. The number of benzene rings is 2. The summed E-state index contributed by atoms with van der Waals surface area (Å²) in [6.07, 6.45) is 0. The van der Waals surface area contributed by atoms with Crippen LogP contribution in [-0.4, -0.2) is 36.1 Å². The molecule has 0 bridgehead atoms. The fourth-order valence-corrected chi connectivity index (χ4v) is 4.21. The molecule has 0 radical (unpaired) electrons. The van der Waals surface area contributed by atoms with Gasteiger partial charge in [-0.25, -0.2) is 0 Å². The number of methoxy groups -OCH3 is 2. The van der Waals surface area contributed by atoms with E-state index in [0.29, 0.717) is 22.3 Å². The van der Waals surface area contributed by atoms with Gasteiger partial charge in [0.1, 0.15) is 11.5 Å². The number of aryl methyl sites for hydroxylation is 2. The Hall–Kier alpha value is -2.78. The molecule has 2 N–H and O–H groups in total. The first-order chi connectivity index (χ1) is 14.0. The normalized spacial score (nSPS) is 10.5. The van der Waals surface area contributed by atoms with Crippen LogP contribution >= 0.6 is 23.1 Å². The minimum absolute atomic E-state index is 0.155. The van der Waals surface area contributed by atoms with Crippen LogP contribution in [0.1, 0.15) is 11.1 Å². The molecular formula is C20H22N4O3S2. The number of hydrogen-bond donors (Lipinski definition) is 2. The number of aromatic nitrogens is 2. The molecular weight excluding hydrogens is 408 g/mol. The van der Waals surface area contributed by atoms with Crippen LogP contribution in [0.4, 0.5) is 16.5 Å². The highest BCUT2D eigenvalue weighted by molar-refractivity contribution is 8.01. The van der Waals surface area contributed by atoms with Crippen molar-refractivity contribution in [1.82, 2.24) is 10.2 Å². The predicted molar refractivity (Wildman–Crippen MR) is 118 cm³/mol. The van der Waals surface area contributed by atoms with Gasteiger partial charge in [0.05, 0.1) is 25.7 Å². The van der Waals surface area contributed by atoms with E-state index in [9.17, 15) is 4.79 Å². The highest BCUT2D eigenvalue weighted by Gasteiger charge is 2.12. The molecule has 3 rings (SSSR count). The second kappa shape index (κ2) is 9.62. The van der Waals surface area contributed by atoms with Gasteiger partial charge in [0, 0.05) is 11.8 Å². The number of carbonyl (C=O) groups excluding carboxylic acids is 1. The molecule has 9 heteroatoms. The van der Waals surface area contributed by atoms with E-state index in [1.807, 2.05) is 32.0 Å². The Morgan fingerprint density at radius 2 is 1.86 bits per heavy atom. The van der Waals surface area contributed by atoms with Crippen LogP contribution in [0, 0.1) is 13.8 Å². The Labute approximate surface area is 177 Å². The molecule has 1 heterocycles. The van der Waals surface area contributed by atoms with Gasteiger partial charge in [-0.2, -0.15) is 0 Å². The highest BCUT2D eigenvalue weighted by Crippen LogP contribution is 2.31. The zero-order chi connectivity index (χ0) is 20.8. The third kappa shape index (κ3) is 5.39. The molecule has 152 valence electrons. The van der Waals surface area contributed by atoms with Crippen molar-refractivity contribution in [3.05, 3.63) is 47.5 Å². The Morgan fingerprint density at radius 3 is 2.55 bits per heavy atom. The number of nitrogens with zero attached hydrogens (tertiary/aromatic N) is 2. The highest BCUT2D eigenvalue weighted by atomic mass is 32.2. The van der Waals surface area contributed by atoms with E-state index in [4.69, 9.17) is 9.47 Å². The van der Waals surface area contributed by atoms with Crippen LogP contribution in [0.15, 0.2) is 40.7 Å². The number of thioether (sulfide) groups is 1. The number of amides is 1. The minimum atomic E-state index is -0.155. The maximum absolute atomic E-state index is 12.3. The second-order valence-corrected chi connectivity index (χ2v) is 8.37. The van der Waals surface area contributed by atoms with E-state index in [1.54, 1.807) is 32.4 Å². The summed E-state index contributed by atoms with van der Waals surface area (Å²) < 4.78 is 11.2. The van der Waals surface area contributed by atoms with Gasteiger partial charge in [0.15, 0.2) is 4.34 Å². The molecule has 0 saturated carbocycles. The van der Waals surface area contributed by atoms with Crippen molar-refractivity contribution in [2.75, 3.05) is 30.6 Å².